The molecule has 2 aromatic carbocycles. The van der Waals surface area contributed by atoms with E-state index in [1.165, 1.54) is 24.1 Å². The highest BCUT2D eigenvalue weighted by Gasteiger charge is 2.34. The molecule has 0 aliphatic carbocycles. The molecule has 0 aliphatic rings. The molecule has 0 bridgehead atoms. The van der Waals surface area contributed by atoms with Crippen molar-refractivity contribution in [3.8, 4) is 11.1 Å². The Hall–Kier alpha value is -3.06. The Balaban J connectivity index is 1.68. The van der Waals surface area contributed by atoms with Crippen molar-refractivity contribution in [1.29, 1.82) is 0 Å². The molecule has 1 amide bonds. The predicted molar refractivity (Wildman–Crippen MR) is 162 cm³/mol. The van der Waals surface area contributed by atoms with Gasteiger partial charge in [0.25, 0.3) is 0 Å². The lowest BCUT2D eigenvalue weighted by Gasteiger charge is -2.29. The number of hydrogen-bond donors (Lipinski definition) is 3. The Morgan fingerprint density at radius 1 is 1.07 bits per heavy atom. The van der Waals surface area contributed by atoms with Crippen LogP contribution in [0, 0.1) is 6.92 Å². The second-order valence-corrected chi connectivity index (χ2v) is 11.6. The third kappa shape index (κ3) is 10.6. The van der Waals surface area contributed by atoms with Gasteiger partial charge in [-0.25, -0.2) is 4.31 Å². The number of alkyl halides is 3. The number of carboxylic acid groups (broad SMARTS) is 1. The van der Waals surface area contributed by atoms with Gasteiger partial charge >= 0.3 is 12.1 Å². The third-order valence-corrected chi connectivity index (χ3v) is 8.49. The SMILES string of the molecule is Cc1cnccc1-c1cccc(C(C)N(CCCC(=O)NCCSNCCC(=O)O)Sc2ccccc2C(F)(F)F)c1. The van der Waals surface area contributed by atoms with Crippen LogP contribution in [-0.2, 0) is 15.8 Å². The zero-order valence-corrected chi connectivity index (χ0v) is 25.1. The smallest absolute Gasteiger partial charge is 0.417 e. The first kappa shape index (κ1) is 33.4. The molecule has 0 aliphatic heterocycles. The second-order valence-electron chi connectivity index (χ2n) is 9.56. The van der Waals surface area contributed by atoms with Crippen LogP contribution in [0.2, 0.25) is 0 Å². The van der Waals surface area contributed by atoms with Gasteiger partial charge in [-0.15, -0.1) is 0 Å². The maximum absolute atomic E-state index is 13.8. The fraction of sp³-hybridized carbons (Fsp3) is 0.367. The van der Waals surface area contributed by atoms with Crippen molar-refractivity contribution < 1.29 is 27.9 Å². The van der Waals surface area contributed by atoms with Crippen LogP contribution in [0.1, 0.15) is 48.9 Å². The Bertz CT molecular complexity index is 1330. The number of pyridine rings is 1. The lowest BCUT2D eigenvalue weighted by atomic mass is 9.98. The summed E-state index contributed by atoms with van der Waals surface area (Å²) < 4.78 is 46.2. The molecule has 1 unspecified atom stereocenters. The molecule has 0 spiro atoms. The molecule has 1 aromatic heterocycles. The van der Waals surface area contributed by atoms with Crippen molar-refractivity contribution in [2.75, 3.05) is 25.4 Å². The number of nitrogens with one attached hydrogen (secondary N) is 2. The number of carbonyl (C=O) groups excluding carboxylic acids is 1. The van der Waals surface area contributed by atoms with Crippen LogP contribution in [-0.4, -0.2) is 51.7 Å². The number of benzene rings is 2. The van der Waals surface area contributed by atoms with Crippen molar-refractivity contribution >= 4 is 35.8 Å². The molecule has 42 heavy (non-hydrogen) atoms. The molecule has 7 nitrogen and oxygen atoms in total. The van der Waals surface area contributed by atoms with E-state index in [9.17, 15) is 22.8 Å². The van der Waals surface area contributed by atoms with E-state index >= 15 is 0 Å². The minimum atomic E-state index is -4.49. The largest absolute Gasteiger partial charge is 0.481 e. The second kappa shape index (κ2) is 16.5. The van der Waals surface area contributed by atoms with Gasteiger partial charge in [0.1, 0.15) is 0 Å². The van der Waals surface area contributed by atoms with Crippen LogP contribution in [0.5, 0.6) is 0 Å². The summed E-state index contributed by atoms with van der Waals surface area (Å²) in [6.45, 7) is 5.07. The van der Waals surface area contributed by atoms with E-state index in [-0.39, 0.29) is 29.7 Å². The first-order valence-electron chi connectivity index (χ1n) is 13.5. The Labute approximate surface area is 252 Å². The Morgan fingerprint density at radius 2 is 1.86 bits per heavy atom. The summed E-state index contributed by atoms with van der Waals surface area (Å²) in [6, 6.07) is 15.2. The number of aromatic nitrogens is 1. The molecule has 0 radical (unpaired) electrons. The standard InChI is InChI=1S/C30H35F3N4O3S2/c1-21-20-34-14-12-25(21)24-8-5-7-23(19-24)22(2)37(42-27-10-4-3-9-26(27)30(31,32)33)17-6-11-28(38)35-16-18-41-36-15-13-29(39)40/h3-5,7-10,12,14,19-20,22,36H,6,11,13,15-18H2,1-2H3,(H,35,38)(H,39,40). The van der Waals surface area contributed by atoms with E-state index < -0.39 is 17.7 Å². The third-order valence-electron chi connectivity index (χ3n) is 6.39. The molecule has 1 heterocycles. The highest BCUT2D eigenvalue weighted by atomic mass is 32.2. The van der Waals surface area contributed by atoms with Crippen molar-refractivity contribution in [1.82, 2.24) is 19.3 Å². The molecule has 0 fully saturated rings. The molecule has 3 rings (SSSR count). The molecule has 3 aromatic rings. The summed E-state index contributed by atoms with van der Waals surface area (Å²) >= 11 is 2.39. The molecule has 0 saturated carbocycles. The molecule has 3 N–H and O–H groups in total. The molecule has 1 atom stereocenters. The number of halogens is 3. The summed E-state index contributed by atoms with van der Waals surface area (Å²) in [6.07, 6.45) is -0.274. The predicted octanol–water partition coefficient (Wildman–Crippen LogP) is 6.76. The molecule has 12 heteroatoms. The highest BCUT2D eigenvalue weighted by Crippen LogP contribution is 2.41. The van der Waals surface area contributed by atoms with E-state index in [2.05, 4.69) is 15.0 Å². The van der Waals surface area contributed by atoms with Crippen LogP contribution >= 0.6 is 23.9 Å². The summed E-state index contributed by atoms with van der Waals surface area (Å²) in [5.41, 5.74) is 3.30. The fourth-order valence-corrected chi connectivity index (χ4v) is 5.95. The minimum absolute atomic E-state index is 0.0212. The van der Waals surface area contributed by atoms with Crippen molar-refractivity contribution in [2.45, 2.75) is 50.2 Å². The van der Waals surface area contributed by atoms with Gasteiger partial charge in [-0.3, -0.25) is 19.3 Å². The number of carbonyl (C=O) groups is 2. The van der Waals surface area contributed by atoms with Crippen molar-refractivity contribution in [3.63, 3.8) is 0 Å². The first-order chi connectivity index (χ1) is 20.1. The molecule has 0 saturated heterocycles. The summed E-state index contributed by atoms with van der Waals surface area (Å²) in [4.78, 5) is 27.2. The first-order valence-corrected chi connectivity index (χ1v) is 15.3. The number of carboxylic acids is 1. The van der Waals surface area contributed by atoms with Crippen LogP contribution in [0.15, 0.2) is 71.9 Å². The average molecular weight is 621 g/mol. The average Bonchev–Trinajstić information content (AvgIpc) is 2.95. The zero-order chi connectivity index (χ0) is 30.5. The fourth-order valence-electron chi connectivity index (χ4n) is 4.18. The summed E-state index contributed by atoms with van der Waals surface area (Å²) in [5.74, 6) is -0.452. The summed E-state index contributed by atoms with van der Waals surface area (Å²) in [7, 11) is 0. The van der Waals surface area contributed by atoms with Crippen molar-refractivity contribution in [2.24, 2.45) is 0 Å². The number of amides is 1. The van der Waals surface area contributed by atoms with Crippen molar-refractivity contribution in [3.05, 3.63) is 83.7 Å². The monoisotopic (exact) mass is 620 g/mol. The normalized spacial score (nSPS) is 12.3. The molecular formula is C30H35F3N4O3S2. The van der Waals surface area contributed by atoms with Crippen LogP contribution in [0.25, 0.3) is 11.1 Å². The van der Waals surface area contributed by atoms with E-state index in [0.29, 0.717) is 31.8 Å². The number of hydrogen-bond acceptors (Lipinski definition) is 7. The van der Waals surface area contributed by atoms with Gasteiger partial charge in [-0.1, -0.05) is 42.3 Å². The maximum Gasteiger partial charge on any atom is 0.417 e. The van der Waals surface area contributed by atoms with Crippen LogP contribution < -0.4 is 10.0 Å². The number of aryl methyl sites for hydroxylation is 1. The van der Waals surface area contributed by atoms with Gasteiger partial charge < -0.3 is 10.4 Å². The van der Waals surface area contributed by atoms with E-state index in [1.54, 1.807) is 18.5 Å². The van der Waals surface area contributed by atoms with Gasteiger partial charge in [-0.05, 0) is 78.7 Å². The van der Waals surface area contributed by atoms with Crippen LogP contribution in [0.4, 0.5) is 13.2 Å². The maximum atomic E-state index is 13.8. The Morgan fingerprint density at radius 3 is 2.60 bits per heavy atom. The molecule has 226 valence electrons. The van der Waals surface area contributed by atoms with E-state index in [0.717, 1.165) is 40.3 Å². The van der Waals surface area contributed by atoms with Gasteiger partial charge in [0.05, 0.1) is 12.0 Å². The van der Waals surface area contributed by atoms with Gasteiger partial charge in [0.2, 0.25) is 5.91 Å². The zero-order valence-electron chi connectivity index (χ0n) is 23.5. The summed E-state index contributed by atoms with van der Waals surface area (Å²) in [5, 5.41) is 11.5. The number of rotatable bonds is 16. The van der Waals surface area contributed by atoms with E-state index in [1.807, 2.05) is 48.5 Å². The highest BCUT2D eigenvalue weighted by molar-refractivity contribution is 7.97. The number of nitrogens with zero attached hydrogens (tertiary/aromatic N) is 2. The van der Waals surface area contributed by atoms with Gasteiger partial charge in [0.15, 0.2) is 0 Å². The Kier molecular flexibility index (Phi) is 13.2. The van der Waals surface area contributed by atoms with Gasteiger partial charge in [-0.2, -0.15) is 13.2 Å². The topological polar surface area (TPSA) is 94.6 Å². The lowest BCUT2D eigenvalue weighted by molar-refractivity contribution is -0.140. The number of aliphatic carboxylic acids is 1. The van der Waals surface area contributed by atoms with Crippen LogP contribution in [0.3, 0.4) is 0 Å². The lowest BCUT2D eigenvalue weighted by Crippen LogP contribution is -2.28. The minimum Gasteiger partial charge on any atom is -0.481 e. The molecular weight excluding hydrogens is 585 g/mol. The van der Waals surface area contributed by atoms with Gasteiger partial charge in [0, 0.05) is 55.1 Å². The quantitative estimate of drug-likeness (QED) is 0.120. The van der Waals surface area contributed by atoms with E-state index in [4.69, 9.17) is 5.11 Å².